The van der Waals surface area contributed by atoms with Crippen LogP contribution in [0.15, 0.2) is 60.7 Å². The van der Waals surface area contributed by atoms with Gasteiger partial charge in [-0.05, 0) is 24.0 Å². The Morgan fingerprint density at radius 2 is 1.07 bits per heavy atom. The van der Waals surface area contributed by atoms with E-state index in [4.69, 9.17) is 18.9 Å². The first-order valence-corrected chi connectivity index (χ1v) is 22.8. The molecule has 2 aromatic carbocycles. The Bertz CT molecular complexity index is 1310. The minimum atomic E-state index is -1.63. The summed E-state index contributed by atoms with van der Waals surface area (Å²) >= 11 is 0. The van der Waals surface area contributed by atoms with Gasteiger partial charge in [0.1, 0.15) is 18.2 Å². The minimum Gasteiger partial charge on any atom is -0.457 e. The third kappa shape index (κ3) is 20.9. The molecule has 2 aromatic rings. The lowest BCUT2D eigenvalue weighted by atomic mass is 9.96. The van der Waals surface area contributed by atoms with Crippen molar-refractivity contribution in [2.75, 3.05) is 6.61 Å². The summed E-state index contributed by atoms with van der Waals surface area (Å²) in [7, 11) is 0. The van der Waals surface area contributed by atoms with Crippen LogP contribution in [-0.2, 0) is 41.8 Å². The second kappa shape index (κ2) is 31.1. The third-order valence-corrected chi connectivity index (χ3v) is 11.2. The van der Waals surface area contributed by atoms with Crippen LogP contribution in [0.3, 0.4) is 0 Å². The standard InChI is InChI=1S/C48H77NO9/c1-3-5-7-9-11-13-15-17-25-31-40(55-36-38-27-21-19-22-28-38)33-43(51)49-45-47(46(53)42(35-50)57-48(45)54)58-44(52)34-41(56-37-39-29-23-20-24-30-39)32-26-18-16-14-12-10-8-6-4-2/h19-24,27-30,40-42,45-48,50,53-54H,3-18,25-26,31-37H2,1-2H3,(H,49,51)/t40-,41-,42-,45+,46-,47-,48+/m1/s1. The van der Waals surface area contributed by atoms with Crippen LogP contribution < -0.4 is 5.32 Å². The first-order valence-electron chi connectivity index (χ1n) is 22.8. The van der Waals surface area contributed by atoms with Crippen LogP contribution >= 0.6 is 0 Å². The van der Waals surface area contributed by atoms with Crippen LogP contribution in [0.2, 0.25) is 0 Å². The molecule has 3 rings (SSSR count). The molecule has 1 fully saturated rings. The molecule has 0 aromatic heterocycles. The number of esters is 1. The summed E-state index contributed by atoms with van der Waals surface area (Å²) in [6.07, 6.45) is 16.1. The highest BCUT2D eigenvalue weighted by Gasteiger charge is 2.47. The lowest BCUT2D eigenvalue weighted by Gasteiger charge is -2.42. The number of aliphatic hydroxyl groups is 3. The Hall–Kier alpha value is -2.86. The van der Waals surface area contributed by atoms with Gasteiger partial charge in [-0.2, -0.15) is 0 Å². The highest BCUT2D eigenvalue weighted by atomic mass is 16.6. The highest BCUT2D eigenvalue weighted by molar-refractivity contribution is 5.77. The number of hydrogen-bond donors (Lipinski definition) is 4. The molecule has 0 aliphatic carbocycles. The van der Waals surface area contributed by atoms with Gasteiger partial charge in [0.15, 0.2) is 12.4 Å². The molecule has 0 spiro atoms. The van der Waals surface area contributed by atoms with Gasteiger partial charge >= 0.3 is 5.97 Å². The molecule has 1 aliphatic rings. The number of rotatable bonds is 33. The van der Waals surface area contributed by atoms with Crippen molar-refractivity contribution in [3.05, 3.63) is 71.8 Å². The van der Waals surface area contributed by atoms with E-state index in [0.717, 1.165) is 49.7 Å². The van der Waals surface area contributed by atoms with E-state index in [9.17, 15) is 24.9 Å². The van der Waals surface area contributed by atoms with Gasteiger partial charge < -0.3 is 39.6 Å². The predicted octanol–water partition coefficient (Wildman–Crippen LogP) is 9.25. The number of hydrogen-bond acceptors (Lipinski definition) is 9. The summed E-state index contributed by atoms with van der Waals surface area (Å²) in [5.74, 6) is -1.05. The number of unbranched alkanes of at least 4 members (excludes halogenated alkanes) is 16. The fraction of sp³-hybridized carbons (Fsp3) is 0.708. The summed E-state index contributed by atoms with van der Waals surface area (Å²) in [5.41, 5.74) is 2.00. The molecule has 1 amide bonds. The van der Waals surface area contributed by atoms with E-state index in [1.807, 2.05) is 60.7 Å². The zero-order valence-electron chi connectivity index (χ0n) is 35.8. The fourth-order valence-corrected chi connectivity index (χ4v) is 7.65. The van der Waals surface area contributed by atoms with Crippen LogP contribution in [-0.4, -0.2) is 76.7 Å². The first-order chi connectivity index (χ1) is 28.3. The second-order valence-corrected chi connectivity index (χ2v) is 16.3. The highest BCUT2D eigenvalue weighted by Crippen LogP contribution is 2.25. The number of nitrogens with one attached hydrogen (secondary N) is 1. The van der Waals surface area contributed by atoms with Gasteiger partial charge in [0.25, 0.3) is 0 Å². The largest absolute Gasteiger partial charge is 0.457 e. The van der Waals surface area contributed by atoms with Crippen molar-refractivity contribution in [3.8, 4) is 0 Å². The maximum Gasteiger partial charge on any atom is 0.308 e. The molecule has 1 saturated heterocycles. The van der Waals surface area contributed by atoms with Crippen LogP contribution in [0.1, 0.15) is 166 Å². The summed E-state index contributed by atoms with van der Waals surface area (Å²) < 4.78 is 23.9. The van der Waals surface area contributed by atoms with Crippen LogP contribution in [0.5, 0.6) is 0 Å². The summed E-state index contributed by atoms with van der Waals surface area (Å²) in [6.45, 7) is 4.54. The number of benzene rings is 2. The topological polar surface area (TPSA) is 144 Å². The molecule has 0 radical (unpaired) electrons. The van der Waals surface area contributed by atoms with Gasteiger partial charge in [-0.1, -0.05) is 190 Å². The van der Waals surface area contributed by atoms with Crippen molar-refractivity contribution in [3.63, 3.8) is 0 Å². The molecule has 58 heavy (non-hydrogen) atoms. The fourth-order valence-electron chi connectivity index (χ4n) is 7.65. The number of aliphatic hydroxyl groups excluding tert-OH is 3. The SMILES string of the molecule is CCCCCCCCCCC[C@H](CC(=O)N[C@H]1[C@@H](OC(=O)C[C@@H](CCCCCCCCCCC)OCc2ccccc2)[C@H](O)[C@@H](CO)O[C@@H]1O)OCc1ccccc1. The third-order valence-electron chi connectivity index (χ3n) is 11.2. The summed E-state index contributed by atoms with van der Waals surface area (Å²) in [4.78, 5) is 27.2. The maximum absolute atomic E-state index is 13.6. The Balaban J connectivity index is 1.60. The monoisotopic (exact) mass is 812 g/mol. The van der Waals surface area contributed by atoms with Crippen LogP contribution in [0.25, 0.3) is 0 Å². The van der Waals surface area contributed by atoms with Crippen molar-refractivity contribution in [1.82, 2.24) is 5.32 Å². The van der Waals surface area contributed by atoms with Gasteiger partial charge in [-0.15, -0.1) is 0 Å². The van der Waals surface area contributed by atoms with E-state index in [2.05, 4.69) is 19.2 Å². The molecule has 7 atom stereocenters. The number of carbonyl (C=O) groups excluding carboxylic acids is 2. The number of ether oxygens (including phenoxy) is 4. The number of carbonyl (C=O) groups is 2. The smallest absolute Gasteiger partial charge is 0.308 e. The van der Waals surface area contributed by atoms with Crippen molar-refractivity contribution < 1.29 is 43.9 Å². The molecule has 4 N–H and O–H groups in total. The molecule has 10 heteroatoms. The van der Waals surface area contributed by atoms with E-state index >= 15 is 0 Å². The zero-order chi connectivity index (χ0) is 41.6. The lowest BCUT2D eigenvalue weighted by Crippen LogP contribution is -2.65. The van der Waals surface area contributed by atoms with E-state index < -0.39 is 55.2 Å². The van der Waals surface area contributed by atoms with Crippen molar-refractivity contribution in [2.45, 2.75) is 211 Å². The van der Waals surface area contributed by atoms with E-state index in [1.165, 1.54) is 77.0 Å². The Labute approximate surface area is 349 Å². The molecule has 328 valence electrons. The molecule has 10 nitrogen and oxygen atoms in total. The zero-order valence-corrected chi connectivity index (χ0v) is 35.8. The minimum absolute atomic E-state index is 0.0153. The normalized spacial score (nSPS) is 20.4. The molecule has 0 saturated carbocycles. The quantitative estimate of drug-likeness (QED) is 0.0410. The van der Waals surface area contributed by atoms with Gasteiger partial charge in [0.2, 0.25) is 5.91 Å². The van der Waals surface area contributed by atoms with Gasteiger partial charge in [-0.25, -0.2) is 0 Å². The first kappa shape index (κ1) is 49.5. The molecule has 0 unspecified atom stereocenters. The van der Waals surface area contributed by atoms with E-state index in [-0.39, 0.29) is 18.9 Å². The Morgan fingerprint density at radius 1 is 0.638 bits per heavy atom. The van der Waals surface area contributed by atoms with Gasteiger partial charge in [-0.3, -0.25) is 9.59 Å². The van der Waals surface area contributed by atoms with Crippen LogP contribution in [0, 0.1) is 0 Å². The molecular formula is C48H77NO9. The summed E-state index contributed by atoms with van der Waals surface area (Å²) in [6, 6.07) is 18.3. The lowest BCUT2D eigenvalue weighted by molar-refractivity contribution is -0.259. The predicted molar refractivity (Wildman–Crippen MR) is 229 cm³/mol. The average molecular weight is 812 g/mol. The molecule has 0 bridgehead atoms. The van der Waals surface area contributed by atoms with E-state index in [1.54, 1.807) is 0 Å². The van der Waals surface area contributed by atoms with Gasteiger partial charge in [0, 0.05) is 0 Å². The molecule has 1 heterocycles. The van der Waals surface area contributed by atoms with Crippen molar-refractivity contribution in [1.29, 1.82) is 0 Å². The van der Waals surface area contributed by atoms with Crippen molar-refractivity contribution in [2.24, 2.45) is 0 Å². The van der Waals surface area contributed by atoms with E-state index in [0.29, 0.717) is 26.1 Å². The average Bonchev–Trinajstić information content (AvgIpc) is 3.23. The van der Waals surface area contributed by atoms with Crippen molar-refractivity contribution >= 4 is 11.9 Å². The second-order valence-electron chi connectivity index (χ2n) is 16.3. The molecule has 1 aliphatic heterocycles. The molecular weight excluding hydrogens is 735 g/mol. The Morgan fingerprint density at radius 3 is 1.52 bits per heavy atom. The van der Waals surface area contributed by atoms with Crippen LogP contribution in [0.4, 0.5) is 0 Å². The Kier molecular flexibility index (Phi) is 26.5. The maximum atomic E-state index is 13.6. The summed E-state index contributed by atoms with van der Waals surface area (Å²) in [5, 5.41) is 35.0. The number of amides is 1. The van der Waals surface area contributed by atoms with Gasteiger partial charge in [0.05, 0.1) is 44.9 Å².